The Morgan fingerprint density at radius 3 is 2.21 bits per heavy atom. The van der Waals surface area contributed by atoms with Crippen LogP contribution in [-0.2, 0) is 45.4 Å². The van der Waals surface area contributed by atoms with Crippen LogP contribution in [0.2, 0.25) is 5.02 Å². The van der Waals surface area contributed by atoms with Gasteiger partial charge in [0.2, 0.25) is 0 Å². The molecule has 10 nitrogen and oxygen atoms in total. The highest BCUT2D eigenvalue weighted by atomic mass is 35.5. The number of benzene rings is 3. The summed E-state index contributed by atoms with van der Waals surface area (Å²) in [5.74, 6) is 0.784. The number of hydrogen-bond donors (Lipinski definition) is 1. The van der Waals surface area contributed by atoms with Crippen LogP contribution in [0.1, 0.15) is 44.7 Å². The Morgan fingerprint density at radius 1 is 0.915 bits per heavy atom. The standard InChI is InChI=1S/C34H45ClNO9PS/c1-33(2,3)45-32(37)36-34(31(39-4)40-5,24-44-46(38,41-6)42-7)20-12-15-26-18-19-29(22-30(26)35)47-28-17-11-16-27(21-28)43-23-25-13-9-8-10-14-25/h8-11,13-14,16-19,21-22,31H,12,15,20,23-24H2,1-7H3,(H,36,37). The molecule has 3 aromatic rings. The van der Waals surface area contributed by atoms with Gasteiger partial charge in [-0.2, -0.15) is 0 Å². The number of hydrogen-bond acceptors (Lipinski definition) is 10. The maximum absolute atomic E-state index is 13.0. The van der Waals surface area contributed by atoms with Crippen LogP contribution in [0.15, 0.2) is 82.6 Å². The summed E-state index contributed by atoms with van der Waals surface area (Å²) >= 11 is 8.34. The summed E-state index contributed by atoms with van der Waals surface area (Å²) in [6, 6.07) is 23.9. The van der Waals surface area contributed by atoms with Gasteiger partial charge in [-0.25, -0.2) is 9.36 Å². The largest absolute Gasteiger partial charge is 0.489 e. The highest BCUT2D eigenvalue weighted by Crippen LogP contribution is 2.48. The first-order valence-electron chi connectivity index (χ1n) is 15.0. The first kappa shape index (κ1) is 38.8. The van der Waals surface area contributed by atoms with Gasteiger partial charge >= 0.3 is 13.9 Å². The van der Waals surface area contributed by atoms with Gasteiger partial charge in [-0.05, 0) is 81.5 Å². The molecule has 0 aliphatic heterocycles. The molecule has 13 heteroatoms. The number of rotatable bonds is 18. The monoisotopic (exact) mass is 709 g/mol. The van der Waals surface area contributed by atoms with Crippen molar-refractivity contribution < 1.29 is 41.9 Å². The third-order valence-electron chi connectivity index (χ3n) is 6.94. The van der Waals surface area contributed by atoms with Gasteiger partial charge in [-0.3, -0.25) is 13.6 Å². The molecule has 3 rings (SSSR count). The molecule has 0 aromatic heterocycles. The molecule has 1 N–H and O–H groups in total. The van der Waals surface area contributed by atoms with Gasteiger partial charge in [0.05, 0.1) is 6.61 Å². The lowest BCUT2D eigenvalue weighted by Crippen LogP contribution is -2.61. The van der Waals surface area contributed by atoms with E-state index in [4.69, 9.17) is 44.1 Å². The Balaban J connectivity index is 1.73. The Bertz CT molecular complexity index is 1460. The van der Waals surface area contributed by atoms with E-state index in [0.29, 0.717) is 24.5 Å². The second kappa shape index (κ2) is 18.2. The van der Waals surface area contributed by atoms with Crippen molar-refractivity contribution in [1.29, 1.82) is 0 Å². The fourth-order valence-corrected chi connectivity index (χ4v) is 6.73. The predicted molar refractivity (Wildman–Crippen MR) is 183 cm³/mol. The Morgan fingerprint density at radius 2 is 1.60 bits per heavy atom. The van der Waals surface area contributed by atoms with Crippen LogP contribution in [0.4, 0.5) is 4.79 Å². The molecule has 0 saturated carbocycles. The minimum Gasteiger partial charge on any atom is -0.489 e. The zero-order chi connectivity index (χ0) is 34.5. The molecule has 1 atom stereocenters. The third kappa shape index (κ3) is 12.4. The van der Waals surface area contributed by atoms with Crippen LogP contribution in [0, 0.1) is 0 Å². The van der Waals surface area contributed by atoms with Crippen molar-refractivity contribution in [1.82, 2.24) is 5.32 Å². The molecule has 0 heterocycles. The fraction of sp³-hybridized carbons (Fsp3) is 0.441. The fourth-order valence-electron chi connectivity index (χ4n) is 4.74. The SMILES string of the molecule is COC(OC)C(CCCc1ccc(Sc2cccc(OCc3ccccc3)c2)cc1Cl)(COP(=O)(OC)OC)NC(=O)OC(C)(C)C. The molecule has 0 aliphatic carbocycles. The van der Waals surface area contributed by atoms with Crippen LogP contribution in [-0.4, -0.2) is 58.6 Å². The van der Waals surface area contributed by atoms with Crippen molar-refractivity contribution in [2.24, 2.45) is 0 Å². The molecule has 1 unspecified atom stereocenters. The number of methoxy groups -OCH3 is 2. The Hall–Kier alpha value is -2.60. The molecule has 0 saturated heterocycles. The van der Waals surface area contributed by atoms with Gasteiger partial charge in [0.1, 0.15) is 23.5 Å². The maximum atomic E-state index is 13.0. The normalized spacial score (nSPS) is 13.3. The summed E-state index contributed by atoms with van der Waals surface area (Å²) < 4.78 is 51.0. The van der Waals surface area contributed by atoms with E-state index < -0.39 is 31.3 Å². The summed E-state index contributed by atoms with van der Waals surface area (Å²) in [6.45, 7) is 5.41. The van der Waals surface area contributed by atoms with Crippen molar-refractivity contribution in [3.05, 3.63) is 88.9 Å². The molecular weight excluding hydrogens is 665 g/mol. The van der Waals surface area contributed by atoms with E-state index in [-0.39, 0.29) is 13.0 Å². The van der Waals surface area contributed by atoms with E-state index in [9.17, 15) is 9.36 Å². The summed E-state index contributed by atoms with van der Waals surface area (Å²) in [6.07, 6.45) is -0.386. The number of aryl methyl sites for hydroxylation is 1. The summed E-state index contributed by atoms with van der Waals surface area (Å²) in [5.41, 5.74) is -0.101. The van der Waals surface area contributed by atoms with Crippen LogP contribution in [0.5, 0.6) is 5.75 Å². The lowest BCUT2D eigenvalue weighted by atomic mass is 9.91. The smallest absolute Gasteiger partial charge is 0.474 e. The Labute approximate surface area is 287 Å². The molecule has 0 bridgehead atoms. The second-order valence-corrected chi connectivity index (χ2v) is 15.1. The van der Waals surface area contributed by atoms with E-state index >= 15 is 0 Å². The Kier molecular flexibility index (Phi) is 15.1. The number of carbonyl (C=O) groups excluding carboxylic acids is 1. The van der Waals surface area contributed by atoms with E-state index in [0.717, 1.165) is 26.7 Å². The quantitative estimate of drug-likeness (QED) is 0.102. The molecule has 258 valence electrons. The lowest BCUT2D eigenvalue weighted by Gasteiger charge is -2.40. The van der Waals surface area contributed by atoms with Crippen molar-refractivity contribution in [2.45, 2.75) is 73.9 Å². The molecule has 0 fully saturated rings. The van der Waals surface area contributed by atoms with Crippen LogP contribution < -0.4 is 10.1 Å². The number of carbonyl (C=O) groups is 1. The van der Waals surface area contributed by atoms with Crippen molar-refractivity contribution in [3.63, 3.8) is 0 Å². The van der Waals surface area contributed by atoms with Crippen molar-refractivity contribution >= 4 is 37.3 Å². The second-order valence-electron chi connectivity index (χ2n) is 11.6. The molecule has 47 heavy (non-hydrogen) atoms. The molecular formula is C34H45ClNO9PS. The van der Waals surface area contributed by atoms with E-state index in [1.807, 2.05) is 72.8 Å². The van der Waals surface area contributed by atoms with E-state index in [2.05, 4.69) is 5.32 Å². The highest BCUT2D eigenvalue weighted by molar-refractivity contribution is 7.99. The first-order valence-corrected chi connectivity index (χ1v) is 17.7. The summed E-state index contributed by atoms with van der Waals surface area (Å²) in [4.78, 5) is 15.0. The van der Waals surface area contributed by atoms with E-state index in [1.54, 1.807) is 32.5 Å². The highest BCUT2D eigenvalue weighted by Gasteiger charge is 2.44. The number of phosphoric ester groups is 1. The van der Waals surface area contributed by atoms with E-state index in [1.165, 1.54) is 28.4 Å². The van der Waals surface area contributed by atoms with Gasteiger partial charge in [0, 0.05) is 43.3 Å². The number of halogens is 1. The third-order valence-corrected chi connectivity index (χ3v) is 9.61. The zero-order valence-electron chi connectivity index (χ0n) is 27.9. The maximum Gasteiger partial charge on any atom is 0.474 e. The molecule has 1 amide bonds. The van der Waals surface area contributed by atoms with Crippen LogP contribution in [0.3, 0.4) is 0 Å². The van der Waals surface area contributed by atoms with Gasteiger partial charge < -0.3 is 24.3 Å². The number of ether oxygens (including phenoxy) is 4. The molecule has 3 aromatic carbocycles. The molecule has 0 spiro atoms. The van der Waals surface area contributed by atoms with Gasteiger partial charge in [-0.1, -0.05) is 65.8 Å². The lowest BCUT2D eigenvalue weighted by molar-refractivity contribution is -0.166. The average molecular weight is 710 g/mol. The van der Waals surface area contributed by atoms with Crippen LogP contribution >= 0.6 is 31.2 Å². The van der Waals surface area contributed by atoms with Gasteiger partial charge in [-0.15, -0.1) is 0 Å². The minimum absolute atomic E-state index is 0.272. The number of phosphoric acid groups is 1. The zero-order valence-corrected chi connectivity index (χ0v) is 30.4. The molecule has 0 aliphatic rings. The summed E-state index contributed by atoms with van der Waals surface area (Å²) in [5, 5.41) is 3.46. The summed E-state index contributed by atoms with van der Waals surface area (Å²) in [7, 11) is 1.37. The number of alkyl carbamates (subject to hydrolysis) is 1. The van der Waals surface area contributed by atoms with Crippen LogP contribution in [0.25, 0.3) is 0 Å². The topological polar surface area (TPSA) is 111 Å². The number of amides is 1. The van der Waals surface area contributed by atoms with Gasteiger partial charge in [0.25, 0.3) is 0 Å². The first-order chi connectivity index (χ1) is 22.3. The molecule has 0 radical (unpaired) electrons. The average Bonchev–Trinajstić information content (AvgIpc) is 3.04. The minimum atomic E-state index is -3.91. The van der Waals surface area contributed by atoms with Crippen molar-refractivity contribution in [3.8, 4) is 5.75 Å². The van der Waals surface area contributed by atoms with Crippen molar-refractivity contribution in [2.75, 3.05) is 35.0 Å². The van der Waals surface area contributed by atoms with Gasteiger partial charge in [0.15, 0.2) is 6.29 Å². The number of nitrogens with one attached hydrogen (secondary N) is 1. The predicted octanol–water partition coefficient (Wildman–Crippen LogP) is 8.69.